The van der Waals surface area contributed by atoms with Crippen molar-refractivity contribution in [1.29, 1.82) is 0 Å². The molecule has 1 heterocycles. The number of nitrogens with zero attached hydrogens (tertiary/aromatic N) is 1. The predicted octanol–water partition coefficient (Wildman–Crippen LogP) is 4.60. The van der Waals surface area contributed by atoms with E-state index >= 15 is 0 Å². The van der Waals surface area contributed by atoms with Gasteiger partial charge in [0, 0.05) is 29.7 Å². The topological polar surface area (TPSA) is 49.4 Å². The average molecular weight is 413 g/mol. The number of halogens is 1. The first-order valence-corrected chi connectivity index (χ1v) is 10.5. The molecule has 0 unspecified atom stereocenters. The number of hydrogen-bond acceptors (Lipinski definition) is 2. The fourth-order valence-electron chi connectivity index (χ4n) is 3.55. The molecule has 1 saturated heterocycles. The van der Waals surface area contributed by atoms with E-state index in [1.54, 1.807) is 12.1 Å². The van der Waals surface area contributed by atoms with E-state index in [0.717, 1.165) is 18.4 Å². The van der Waals surface area contributed by atoms with Crippen molar-refractivity contribution in [3.8, 4) is 0 Å². The maximum atomic E-state index is 12.6. The Hall–Kier alpha value is -2.33. The van der Waals surface area contributed by atoms with Crippen molar-refractivity contribution < 1.29 is 9.59 Å². The van der Waals surface area contributed by atoms with Crippen LogP contribution in [0.15, 0.2) is 48.5 Å². The van der Waals surface area contributed by atoms with E-state index < -0.39 is 0 Å². The fraction of sp³-hybridized carbons (Fsp3) is 0.417. The van der Waals surface area contributed by atoms with Gasteiger partial charge in [0.05, 0.1) is 6.42 Å². The van der Waals surface area contributed by atoms with Crippen LogP contribution in [0, 0.1) is 0 Å². The minimum absolute atomic E-state index is 0.0450. The second-order valence-corrected chi connectivity index (χ2v) is 9.20. The number of piperidine rings is 1. The third kappa shape index (κ3) is 5.83. The van der Waals surface area contributed by atoms with Crippen molar-refractivity contribution in [2.45, 2.75) is 51.5 Å². The number of amides is 2. The molecule has 0 spiro atoms. The third-order valence-corrected chi connectivity index (χ3v) is 5.72. The van der Waals surface area contributed by atoms with Crippen LogP contribution in [-0.2, 0) is 16.6 Å². The highest BCUT2D eigenvalue weighted by molar-refractivity contribution is 6.30. The summed E-state index contributed by atoms with van der Waals surface area (Å²) in [5.74, 6) is 0.0752. The Labute approximate surface area is 178 Å². The molecule has 1 fully saturated rings. The van der Waals surface area contributed by atoms with Gasteiger partial charge >= 0.3 is 0 Å². The van der Waals surface area contributed by atoms with Crippen molar-refractivity contribution in [3.05, 3.63) is 70.2 Å². The second kappa shape index (κ2) is 9.00. The van der Waals surface area contributed by atoms with Crippen molar-refractivity contribution in [3.63, 3.8) is 0 Å². The van der Waals surface area contributed by atoms with Gasteiger partial charge in [0.2, 0.25) is 5.91 Å². The van der Waals surface area contributed by atoms with Gasteiger partial charge in [-0.15, -0.1) is 0 Å². The summed E-state index contributed by atoms with van der Waals surface area (Å²) < 4.78 is 0. The highest BCUT2D eigenvalue weighted by Crippen LogP contribution is 2.22. The van der Waals surface area contributed by atoms with Crippen LogP contribution in [0.3, 0.4) is 0 Å². The van der Waals surface area contributed by atoms with Crippen LogP contribution < -0.4 is 5.32 Å². The van der Waals surface area contributed by atoms with E-state index in [0.29, 0.717) is 30.1 Å². The molecule has 5 heteroatoms. The lowest BCUT2D eigenvalue weighted by atomic mass is 9.86. The molecule has 0 atom stereocenters. The van der Waals surface area contributed by atoms with Gasteiger partial charge in [0.1, 0.15) is 0 Å². The molecular weight excluding hydrogens is 384 g/mol. The Morgan fingerprint density at radius 1 is 1.00 bits per heavy atom. The van der Waals surface area contributed by atoms with E-state index in [9.17, 15) is 9.59 Å². The predicted molar refractivity (Wildman–Crippen MR) is 117 cm³/mol. The molecule has 2 aromatic rings. The molecule has 0 aliphatic carbocycles. The summed E-state index contributed by atoms with van der Waals surface area (Å²) in [5, 5.41) is 3.79. The van der Waals surface area contributed by atoms with Crippen LogP contribution in [0.25, 0.3) is 0 Å². The maximum absolute atomic E-state index is 12.6. The molecule has 29 heavy (non-hydrogen) atoms. The second-order valence-electron chi connectivity index (χ2n) is 8.76. The van der Waals surface area contributed by atoms with E-state index in [1.165, 1.54) is 5.56 Å². The normalized spacial score (nSPS) is 15.2. The van der Waals surface area contributed by atoms with Crippen molar-refractivity contribution in [2.75, 3.05) is 13.1 Å². The van der Waals surface area contributed by atoms with Crippen molar-refractivity contribution in [2.24, 2.45) is 0 Å². The molecule has 0 bridgehead atoms. The Kier molecular flexibility index (Phi) is 6.63. The lowest BCUT2D eigenvalue weighted by Crippen LogP contribution is -2.47. The zero-order valence-electron chi connectivity index (χ0n) is 17.4. The number of likely N-dealkylation sites (tertiary alicyclic amines) is 1. The quantitative estimate of drug-likeness (QED) is 0.797. The van der Waals surface area contributed by atoms with E-state index in [2.05, 4.69) is 26.1 Å². The van der Waals surface area contributed by atoms with Crippen molar-refractivity contribution >= 4 is 23.4 Å². The number of rotatable bonds is 4. The van der Waals surface area contributed by atoms with Gasteiger partial charge in [0.25, 0.3) is 5.91 Å². The molecule has 2 amide bonds. The molecule has 3 rings (SSSR count). The summed E-state index contributed by atoms with van der Waals surface area (Å²) in [7, 11) is 0. The van der Waals surface area contributed by atoms with Gasteiger partial charge < -0.3 is 10.2 Å². The molecular formula is C24H29ClN2O2. The van der Waals surface area contributed by atoms with Crippen LogP contribution in [-0.4, -0.2) is 35.8 Å². The number of benzene rings is 2. The number of nitrogens with one attached hydrogen (secondary N) is 1. The van der Waals surface area contributed by atoms with Crippen LogP contribution in [0.5, 0.6) is 0 Å². The zero-order chi connectivity index (χ0) is 21.0. The lowest BCUT2D eigenvalue weighted by Gasteiger charge is -2.32. The number of carbonyl (C=O) groups excluding carboxylic acids is 2. The van der Waals surface area contributed by atoms with Gasteiger partial charge in [-0.1, -0.05) is 56.6 Å². The smallest absolute Gasteiger partial charge is 0.251 e. The van der Waals surface area contributed by atoms with Crippen LogP contribution in [0.2, 0.25) is 5.02 Å². The summed E-state index contributed by atoms with van der Waals surface area (Å²) in [5.41, 5.74) is 2.93. The van der Waals surface area contributed by atoms with Crippen molar-refractivity contribution in [1.82, 2.24) is 10.2 Å². The van der Waals surface area contributed by atoms with Crippen LogP contribution in [0.4, 0.5) is 0 Å². The first-order valence-electron chi connectivity index (χ1n) is 10.2. The van der Waals surface area contributed by atoms with Crippen LogP contribution in [0.1, 0.15) is 55.1 Å². The van der Waals surface area contributed by atoms with Gasteiger partial charge in [-0.05, 0) is 53.6 Å². The number of hydrogen-bond donors (Lipinski definition) is 1. The summed E-state index contributed by atoms with van der Waals surface area (Å²) in [6.45, 7) is 7.80. The lowest BCUT2D eigenvalue weighted by molar-refractivity contribution is -0.131. The van der Waals surface area contributed by atoms with Gasteiger partial charge in [-0.2, -0.15) is 0 Å². The first-order chi connectivity index (χ1) is 13.7. The summed E-state index contributed by atoms with van der Waals surface area (Å²) in [6.07, 6.45) is 1.94. The largest absolute Gasteiger partial charge is 0.349 e. The zero-order valence-corrected chi connectivity index (χ0v) is 18.1. The van der Waals surface area contributed by atoms with E-state index in [4.69, 9.17) is 11.6 Å². The molecule has 0 saturated carbocycles. The minimum atomic E-state index is -0.0450. The highest BCUT2D eigenvalue weighted by atomic mass is 35.5. The maximum Gasteiger partial charge on any atom is 0.251 e. The SMILES string of the molecule is CC(C)(C)c1ccc(C(=O)NC2CCN(C(=O)Cc3ccc(Cl)cc3)CC2)cc1. The summed E-state index contributed by atoms with van der Waals surface area (Å²) >= 11 is 5.90. The monoisotopic (exact) mass is 412 g/mol. The molecule has 0 aromatic heterocycles. The number of carbonyl (C=O) groups is 2. The van der Waals surface area contributed by atoms with Crippen LogP contribution >= 0.6 is 11.6 Å². The molecule has 4 nitrogen and oxygen atoms in total. The summed E-state index contributed by atoms with van der Waals surface area (Å²) in [4.78, 5) is 27.0. The molecule has 0 radical (unpaired) electrons. The fourth-order valence-corrected chi connectivity index (χ4v) is 3.68. The standard InChI is InChI=1S/C24H29ClN2O2/c1-24(2,3)19-8-6-18(7-9-19)23(29)26-21-12-14-27(15-13-21)22(28)16-17-4-10-20(25)11-5-17/h4-11,21H,12-16H2,1-3H3,(H,26,29). The first kappa shape index (κ1) is 21.4. The average Bonchev–Trinajstić information content (AvgIpc) is 2.69. The van der Waals surface area contributed by atoms with E-state index in [-0.39, 0.29) is 23.3 Å². The molecule has 154 valence electrons. The molecule has 2 aromatic carbocycles. The highest BCUT2D eigenvalue weighted by Gasteiger charge is 2.24. The molecule has 1 aliphatic rings. The van der Waals surface area contributed by atoms with Gasteiger partial charge in [-0.25, -0.2) is 0 Å². The minimum Gasteiger partial charge on any atom is -0.349 e. The summed E-state index contributed by atoms with van der Waals surface area (Å²) in [6, 6.07) is 15.3. The Balaban J connectivity index is 1.48. The van der Waals surface area contributed by atoms with Gasteiger partial charge in [0.15, 0.2) is 0 Å². The van der Waals surface area contributed by atoms with E-state index in [1.807, 2.05) is 41.3 Å². The third-order valence-electron chi connectivity index (χ3n) is 5.46. The molecule has 1 aliphatic heterocycles. The van der Waals surface area contributed by atoms with Gasteiger partial charge in [-0.3, -0.25) is 9.59 Å². The molecule has 1 N–H and O–H groups in total. The Morgan fingerprint density at radius 2 is 1.59 bits per heavy atom. The Bertz CT molecular complexity index is 846. The Morgan fingerprint density at radius 3 is 2.14 bits per heavy atom.